The smallest absolute Gasteiger partial charge is 0.251 e. The van der Waals surface area contributed by atoms with Gasteiger partial charge in [-0.05, 0) is 31.5 Å². The molecule has 4 N–H and O–H groups in total. The summed E-state index contributed by atoms with van der Waals surface area (Å²) >= 11 is 0. The minimum atomic E-state index is -0.140. The van der Waals surface area contributed by atoms with Gasteiger partial charge >= 0.3 is 0 Å². The van der Waals surface area contributed by atoms with Gasteiger partial charge in [0.2, 0.25) is 0 Å². The summed E-state index contributed by atoms with van der Waals surface area (Å²) in [4.78, 5) is 11.8. The standard InChI is InChI=1S/C14H23N3O2/c1-4-10(2)17-13-6-5-11(9-12(13)15)14(18)16-7-8-19-3/h5-6,9-10,17H,4,7-8,15H2,1-3H3,(H,16,18)/t10-/m0/s1. The van der Waals surface area contributed by atoms with Crippen LogP contribution >= 0.6 is 0 Å². The van der Waals surface area contributed by atoms with E-state index in [1.54, 1.807) is 19.2 Å². The van der Waals surface area contributed by atoms with E-state index in [1.165, 1.54) is 0 Å². The van der Waals surface area contributed by atoms with E-state index < -0.39 is 0 Å². The Morgan fingerprint density at radius 2 is 2.21 bits per heavy atom. The Labute approximate surface area is 114 Å². The van der Waals surface area contributed by atoms with Crippen LogP contribution < -0.4 is 16.4 Å². The first kappa shape index (κ1) is 15.3. The Hall–Kier alpha value is -1.75. The summed E-state index contributed by atoms with van der Waals surface area (Å²) in [6.07, 6.45) is 1.01. The topological polar surface area (TPSA) is 76.4 Å². The molecule has 5 nitrogen and oxygen atoms in total. The van der Waals surface area contributed by atoms with Crippen molar-refractivity contribution in [1.82, 2.24) is 5.32 Å². The predicted octanol–water partition coefficient (Wildman–Crippen LogP) is 1.86. The van der Waals surface area contributed by atoms with Crippen LogP contribution in [0.1, 0.15) is 30.6 Å². The lowest BCUT2D eigenvalue weighted by molar-refractivity contribution is 0.0937. The average Bonchev–Trinajstić information content (AvgIpc) is 2.41. The van der Waals surface area contributed by atoms with Crippen molar-refractivity contribution in [2.75, 3.05) is 31.3 Å². The van der Waals surface area contributed by atoms with Crippen molar-refractivity contribution in [3.63, 3.8) is 0 Å². The Kier molecular flexibility index (Phi) is 6.15. The van der Waals surface area contributed by atoms with Gasteiger partial charge < -0.3 is 21.1 Å². The molecule has 1 aromatic carbocycles. The minimum Gasteiger partial charge on any atom is -0.397 e. The summed E-state index contributed by atoms with van der Waals surface area (Å²) in [6.45, 7) is 5.17. The Morgan fingerprint density at radius 1 is 1.47 bits per heavy atom. The number of nitrogens with one attached hydrogen (secondary N) is 2. The molecule has 0 aliphatic carbocycles. The maximum atomic E-state index is 11.8. The number of methoxy groups -OCH3 is 1. The number of benzene rings is 1. The second kappa shape index (κ2) is 7.63. The van der Waals surface area contributed by atoms with Crippen LogP contribution in [0.4, 0.5) is 11.4 Å². The average molecular weight is 265 g/mol. The first-order valence-corrected chi connectivity index (χ1v) is 6.51. The van der Waals surface area contributed by atoms with Crippen LogP contribution in [0.2, 0.25) is 0 Å². The summed E-state index contributed by atoms with van der Waals surface area (Å²) in [5.41, 5.74) is 7.96. The quantitative estimate of drug-likeness (QED) is 0.519. The van der Waals surface area contributed by atoms with Crippen molar-refractivity contribution in [3.8, 4) is 0 Å². The number of carbonyl (C=O) groups is 1. The molecule has 0 fully saturated rings. The van der Waals surface area contributed by atoms with Crippen LogP contribution in [0, 0.1) is 0 Å². The first-order chi connectivity index (χ1) is 9.08. The molecule has 19 heavy (non-hydrogen) atoms. The largest absolute Gasteiger partial charge is 0.397 e. The number of hydrogen-bond donors (Lipinski definition) is 3. The zero-order chi connectivity index (χ0) is 14.3. The molecule has 1 aromatic rings. The fourth-order valence-corrected chi connectivity index (χ4v) is 1.57. The third-order valence-corrected chi connectivity index (χ3v) is 2.92. The highest BCUT2D eigenvalue weighted by Crippen LogP contribution is 2.21. The lowest BCUT2D eigenvalue weighted by Crippen LogP contribution is -2.27. The van der Waals surface area contributed by atoms with Crippen molar-refractivity contribution in [2.24, 2.45) is 0 Å². The van der Waals surface area contributed by atoms with Gasteiger partial charge in [-0.2, -0.15) is 0 Å². The van der Waals surface area contributed by atoms with E-state index in [4.69, 9.17) is 10.5 Å². The second-order valence-corrected chi connectivity index (χ2v) is 4.50. The number of rotatable bonds is 7. The second-order valence-electron chi connectivity index (χ2n) is 4.50. The molecule has 5 heteroatoms. The van der Waals surface area contributed by atoms with Crippen LogP contribution in [0.5, 0.6) is 0 Å². The number of hydrogen-bond acceptors (Lipinski definition) is 4. The highest BCUT2D eigenvalue weighted by atomic mass is 16.5. The van der Waals surface area contributed by atoms with Crippen molar-refractivity contribution in [2.45, 2.75) is 26.3 Å². The third-order valence-electron chi connectivity index (χ3n) is 2.92. The molecule has 1 atom stereocenters. The zero-order valence-corrected chi connectivity index (χ0v) is 11.8. The van der Waals surface area contributed by atoms with Crippen LogP contribution in [-0.4, -0.2) is 32.2 Å². The molecule has 0 heterocycles. The Morgan fingerprint density at radius 3 is 2.79 bits per heavy atom. The molecular weight excluding hydrogens is 242 g/mol. The van der Waals surface area contributed by atoms with E-state index in [2.05, 4.69) is 24.5 Å². The van der Waals surface area contributed by atoms with Crippen LogP contribution in [-0.2, 0) is 4.74 Å². The third kappa shape index (κ3) is 4.79. The fourth-order valence-electron chi connectivity index (χ4n) is 1.57. The SMILES string of the molecule is CC[C@H](C)Nc1ccc(C(=O)NCCOC)cc1N. The number of nitrogen functional groups attached to an aromatic ring is 1. The summed E-state index contributed by atoms with van der Waals surface area (Å²) in [6, 6.07) is 5.65. The molecule has 106 valence electrons. The highest BCUT2D eigenvalue weighted by Gasteiger charge is 2.08. The van der Waals surface area contributed by atoms with Crippen molar-refractivity contribution in [1.29, 1.82) is 0 Å². The van der Waals surface area contributed by atoms with E-state index in [0.29, 0.717) is 30.4 Å². The Balaban J connectivity index is 2.67. The lowest BCUT2D eigenvalue weighted by atomic mass is 10.1. The van der Waals surface area contributed by atoms with Gasteiger partial charge in [-0.3, -0.25) is 4.79 Å². The van der Waals surface area contributed by atoms with Gasteiger partial charge in [0.25, 0.3) is 5.91 Å². The van der Waals surface area contributed by atoms with Gasteiger partial charge in [0, 0.05) is 25.3 Å². The summed E-state index contributed by atoms with van der Waals surface area (Å²) in [5.74, 6) is -0.140. The zero-order valence-electron chi connectivity index (χ0n) is 11.8. The van der Waals surface area contributed by atoms with Crippen molar-refractivity contribution in [3.05, 3.63) is 23.8 Å². The monoisotopic (exact) mass is 265 g/mol. The molecule has 0 radical (unpaired) electrons. The summed E-state index contributed by atoms with van der Waals surface area (Å²) < 4.78 is 4.88. The Bertz CT molecular complexity index is 421. The van der Waals surface area contributed by atoms with Crippen molar-refractivity contribution < 1.29 is 9.53 Å². The molecule has 0 unspecified atom stereocenters. The fraction of sp³-hybridized carbons (Fsp3) is 0.500. The van der Waals surface area contributed by atoms with Gasteiger partial charge in [-0.25, -0.2) is 0 Å². The molecule has 0 spiro atoms. The lowest BCUT2D eigenvalue weighted by Gasteiger charge is -2.15. The maximum absolute atomic E-state index is 11.8. The number of ether oxygens (including phenoxy) is 1. The molecular formula is C14H23N3O2. The van der Waals surface area contributed by atoms with Crippen LogP contribution in [0.15, 0.2) is 18.2 Å². The van der Waals surface area contributed by atoms with Gasteiger partial charge in [-0.15, -0.1) is 0 Å². The minimum absolute atomic E-state index is 0.140. The summed E-state index contributed by atoms with van der Waals surface area (Å²) in [5, 5.41) is 6.06. The highest BCUT2D eigenvalue weighted by molar-refractivity contribution is 5.96. The predicted molar refractivity (Wildman–Crippen MR) is 78.4 cm³/mol. The van der Waals surface area contributed by atoms with E-state index in [-0.39, 0.29) is 5.91 Å². The number of anilines is 2. The normalized spacial score (nSPS) is 11.9. The number of carbonyl (C=O) groups excluding carboxylic acids is 1. The first-order valence-electron chi connectivity index (χ1n) is 6.51. The van der Waals surface area contributed by atoms with Gasteiger partial charge in [0.05, 0.1) is 18.0 Å². The molecule has 0 aliphatic rings. The summed E-state index contributed by atoms with van der Waals surface area (Å²) in [7, 11) is 1.60. The van der Waals surface area contributed by atoms with E-state index in [9.17, 15) is 4.79 Å². The van der Waals surface area contributed by atoms with Gasteiger partial charge in [-0.1, -0.05) is 6.92 Å². The molecule has 0 aliphatic heterocycles. The van der Waals surface area contributed by atoms with Crippen molar-refractivity contribution >= 4 is 17.3 Å². The molecule has 1 rings (SSSR count). The molecule has 0 aromatic heterocycles. The molecule has 0 saturated carbocycles. The van der Waals surface area contributed by atoms with Gasteiger partial charge in [0.1, 0.15) is 0 Å². The van der Waals surface area contributed by atoms with Gasteiger partial charge in [0.15, 0.2) is 0 Å². The van der Waals surface area contributed by atoms with E-state index >= 15 is 0 Å². The van der Waals surface area contributed by atoms with Crippen LogP contribution in [0.25, 0.3) is 0 Å². The molecule has 0 bridgehead atoms. The molecule has 0 saturated heterocycles. The number of nitrogens with two attached hydrogens (primary N) is 1. The molecule has 1 amide bonds. The number of amides is 1. The van der Waals surface area contributed by atoms with E-state index in [1.807, 2.05) is 6.07 Å². The van der Waals surface area contributed by atoms with E-state index in [0.717, 1.165) is 12.1 Å². The maximum Gasteiger partial charge on any atom is 0.251 e. The van der Waals surface area contributed by atoms with Crippen LogP contribution in [0.3, 0.4) is 0 Å².